The maximum Gasteiger partial charge on any atom is 0.329 e. The van der Waals surface area contributed by atoms with Crippen LogP contribution >= 0.6 is 15.9 Å². The molecule has 2 atom stereocenters. The Bertz CT molecular complexity index is 1010. The van der Waals surface area contributed by atoms with E-state index in [1.54, 1.807) is 30.3 Å². The lowest BCUT2D eigenvalue weighted by molar-refractivity contribution is -0.140. The molecular formula is C24H29BrN4O3. The topological polar surface area (TPSA) is 84.9 Å². The minimum Gasteiger partial charge on any atom is -0.359 e. The van der Waals surface area contributed by atoms with Crippen molar-refractivity contribution < 1.29 is 14.7 Å². The lowest BCUT2D eigenvalue weighted by Gasteiger charge is -2.43. The summed E-state index contributed by atoms with van der Waals surface area (Å²) >= 11 is 3.43. The number of hydrogen-bond acceptors (Lipinski definition) is 4. The number of benzene rings is 2. The largest absolute Gasteiger partial charge is 0.359 e. The summed E-state index contributed by atoms with van der Waals surface area (Å²) in [7, 11) is 0. The lowest BCUT2D eigenvalue weighted by Crippen LogP contribution is -2.63. The summed E-state index contributed by atoms with van der Waals surface area (Å²) in [5.41, 5.74) is 0.0861. The summed E-state index contributed by atoms with van der Waals surface area (Å²) in [5, 5.41) is 17.7. The number of hydrogen-bond donors (Lipinski definition) is 3. The number of rotatable bonds is 6. The molecule has 0 aliphatic carbocycles. The molecule has 1 saturated heterocycles. The van der Waals surface area contributed by atoms with Crippen LogP contribution < -0.4 is 15.5 Å². The van der Waals surface area contributed by atoms with Crippen molar-refractivity contribution in [1.29, 1.82) is 0 Å². The van der Waals surface area contributed by atoms with Gasteiger partial charge in [0.2, 0.25) is 0 Å². The van der Waals surface area contributed by atoms with E-state index < -0.39 is 17.7 Å². The Kier molecular flexibility index (Phi) is 6.55. The highest BCUT2D eigenvalue weighted by molar-refractivity contribution is 9.10. The van der Waals surface area contributed by atoms with Crippen LogP contribution in [-0.2, 0) is 16.9 Å². The summed E-state index contributed by atoms with van der Waals surface area (Å²) in [6, 6.07) is 12.1. The van der Waals surface area contributed by atoms with Gasteiger partial charge in [-0.1, -0.05) is 41.9 Å². The van der Waals surface area contributed by atoms with Gasteiger partial charge in [-0.3, -0.25) is 14.6 Å². The van der Waals surface area contributed by atoms with E-state index in [4.69, 9.17) is 0 Å². The predicted octanol–water partition coefficient (Wildman–Crippen LogP) is 3.81. The van der Waals surface area contributed by atoms with Crippen LogP contribution in [0, 0.1) is 0 Å². The number of aryl methyl sites for hydroxylation is 1. The van der Waals surface area contributed by atoms with Crippen molar-refractivity contribution in [2.24, 2.45) is 0 Å². The van der Waals surface area contributed by atoms with E-state index in [0.717, 1.165) is 42.8 Å². The molecule has 2 aromatic carbocycles. The van der Waals surface area contributed by atoms with Gasteiger partial charge in [0.25, 0.3) is 11.6 Å². The number of fused-ring (bicyclic) bond motifs is 1. The molecule has 0 saturated carbocycles. The van der Waals surface area contributed by atoms with Crippen LogP contribution in [0.25, 0.3) is 0 Å². The van der Waals surface area contributed by atoms with E-state index in [9.17, 15) is 14.7 Å². The number of nitrogens with zero attached hydrogens (tertiary/aromatic N) is 2. The maximum absolute atomic E-state index is 13.6. The van der Waals surface area contributed by atoms with Crippen LogP contribution in [0.15, 0.2) is 46.9 Å². The summed E-state index contributed by atoms with van der Waals surface area (Å²) in [6.45, 7) is 6.49. The third-order valence-corrected chi connectivity index (χ3v) is 6.94. The molecule has 0 unspecified atom stereocenters. The molecule has 0 spiro atoms. The van der Waals surface area contributed by atoms with Crippen LogP contribution in [0.5, 0.6) is 0 Å². The Morgan fingerprint density at radius 3 is 2.69 bits per heavy atom. The van der Waals surface area contributed by atoms with Gasteiger partial charge in [0.05, 0.1) is 5.69 Å². The number of urea groups is 1. The van der Waals surface area contributed by atoms with Gasteiger partial charge in [-0.05, 0) is 68.2 Å². The van der Waals surface area contributed by atoms with Crippen molar-refractivity contribution in [3.63, 3.8) is 0 Å². The van der Waals surface area contributed by atoms with E-state index in [1.165, 1.54) is 0 Å². The molecule has 7 nitrogen and oxygen atoms in total. The van der Waals surface area contributed by atoms with Crippen LogP contribution in [0.1, 0.15) is 37.8 Å². The molecule has 0 aromatic heterocycles. The lowest BCUT2D eigenvalue weighted by atomic mass is 9.94. The Balaban J connectivity index is 1.72. The molecule has 2 aromatic rings. The molecule has 170 valence electrons. The molecule has 4 rings (SSSR count). The van der Waals surface area contributed by atoms with Crippen molar-refractivity contribution in [2.75, 3.05) is 29.9 Å². The van der Waals surface area contributed by atoms with Gasteiger partial charge in [-0.2, -0.15) is 0 Å². The standard InChI is InChI=1S/C24H29BrN4O3/c1-3-16-7-10-18(11-8-16)29-23(31)27-21-12-9-17(25)14-20(21)24(29,32)22(30)26-15-19-6-5-13-28(19)4-2/h7-12,14,19,32H,3-6,13,15H2,1-2H3,(H,26,30)(H,27,31)/t19-,24+/m1/s1. The second-order valence-electron chi connectivity index (χ2n) is 8.28. The quantitative estimate of drug-likeness (QED) is 0.562. The second-order valence-corrected chi connectivity index (χ2v) is 9.20. The van der Waals surface area contributed by atoms with Crippen LogP contribution in [-0.4, -0.2) is 47.6 Å². The van der Waals surface area contributed by atoms with Gasteiger partial charge in [-0.15, -0.1) is 0 Å². The second kappa shape index (κ2) is 9.21. The fraction of sp³-hybridized carbons (Fsp3) is 0.417. The Morgan fingerprint density at radius 2 is 2.00 bits per heavy atom. The SMILES string of the molecule is CCc1ccc(N2C(=O)Nc3ccc(Br)cc3[C@]2(O)C(=O)NC[C@H]2CCCN2CC)cc1. The first-order chi connectivity index (χ1) is 15.4. The van der Waals surface area contributed by atoms with Crippen LogP contribution in [0.3, 0.4) is 0 Å². The molecule has 3 amide bonds. The van der Waals surface area contributed by atoms with Crippen molar-refractivity contribution in [3.05, 3.63) is 58.1 Å². The molecule has 8 heteroatoms. The van der Waals surface area contributed by atoms with Crippen molar-refractivity contribution in [2.45, 2.75) is 44.9 Å². The van der Waals surface area contributed by atoms with Gasteiger partial charge in [-0.25, -0.2) is 4.79 Å². The monoisotopic (exact) mass is 500 g/mol. The van der Waals surface area contributed by atoms with Gasteiger partial charge in [0, 0.05) is 28.3 Å². The van der Waals surface area contributed by atoms with Gasteiger partial charge in [0.1, 0.15) is 0 Å². The fourth-order valence-electron chi connectivity index (χ4n) is 4.64. The highest BCUT2D eigenvalue weighted by atomic mass is 79.9. The van der Waals surface area contributed by atoms with Crippen molar-refractivity contribution >= 4 is 39.2 Å². The Morgan fingerprint density at radius 1 is 1.25 bits per heavy atom. The third-order valence-electron chi connectivity index (χ3n) is 6.45. The summed E-state index contributed by atoms with van der Waals surface area (Å²) < 4.78 is 0.702. The minimum atomic E-state index is -2.19. The first-order valence-corrected chi connectivity index (χ1v) is 11.9. The zero-order valence-corrected chi connectivity index (χ0v) is 20.0. The molecule has 2 heterocycles. The first-order valence-electron chi connectivity index (χ1n) is 11.1. The molecular weight excluding hydrogens is 472 g/mol. The number of likely N-dealkylation sites (N-methyl/N-ethyl adjacent to an activating group) is 1. The molecule has 0 bridgehead atoms. The maximum atomic E-state index is 13.6. The normalized spacial score (nSPS) is 23.1. The average Bonchev–Trinajstić information content (AvgIpc) is 3.26. The van der Waals surface area contributed by atoms with Crippen LogP contribution in [0.2, 0.25) is 0 Å². The minimum absolute atomic E-state index is 0.226. The Hall–Kier alpha value is -2.42. The summed E-state index contributed by atoms with van der Waals surface area (Å²) in [6.07, 6.45) is 2.94. The van der Waals surface area contributed by atoms with Crippen molar-refractivity contribution in [1.82, 2.24) is 10.2 Å². The van der Waals surface area contributed by atoms with E-state index in [-0.39, 0.29) is 6.04 Å². The van der Waals surface area contributed by atoms with Gasteiger partial charge >= 0.3 is 6.03 Å². The zero-order valence-electron chi connectivity index (χ0n) is 18.4. The molecule has 2 aliphatic heterocycles. The number of carbonyl (C=O) groups is 2. The van der Waals surface area contributed by atoms with Crippen LogP contribution in [0.4, 0.5) is 16.2 Å². The average molecular weight is 501 g/mol. The zero-order chi connectivity index (χ0) is 22.9. The fourth-order valence-corrected chi connectivity index (χ4v) is 5.00. The molecule has 32 heavy (non-hydrogen) atoms. The number of aliphatic hydroxyl groups is 1. The molecule has 0 radical (unpaired) electrons. The number of carbonyl (C=O) groups excluding carboxylic acids is 2. The summed E-state index contributed by atoms with van der Waals surface area (Å²) in [4.78, 5) is 30.2. The molecule has 1 fully saturated rings. The van der Waals surface area contributed by atoms with E-state index >= 15 is 0 Å². The highest BCUT2D eigenvalue weighted by Crippen LogP contribution is 2.41. The molecule has 3 N–H and O–H groups in total. The third kappa shape index (κ3) is 4.02. The van der Waals surface area contributed by atoms with Crippen molar-refractivity contribution in [3.8, 4) is 0 Å². The van der Waals surface area contributed by atoms with Gasteiger partial charge in [0.15, 0.2) is 0 Å². The van der Waals surface area contributed by atoms with E-state index in [0.29, 0.717) is 28.0 Å². The van der Waals surface area contributed by atoms with E-state index in [1.807, 2.05) is 19.1 Å². The first kappa shape index (κ1) is 22.8. The number of nitrogens with one attached hydrogen (secondary N) is 2. The number of likely N-dealkylation sites (tertiary alicyclic amines) is 1. The number of anilines is 2. The highest BCUT2D eigenvalue weighted by Gasteiger charge is 2.52. The van der Waals surface area contributed by atoms with Gasteiger partial charge < -0.3 is 15.7 Å². The Labute approximate surface area is 196 Å². The molecule has 2 aliphatic rings. The smallest absolute Gasteiger partial charge is 0.329 e. The summed E-state index contributed by atoms with van der Waals surface area (Å²) in [5.74, 6) is -0.616. The number of halogens is 1. The van der Waals surface area contributed by atoms with E-state index in [2.05, 4.69) is 38.4 Å². The predicted molar refractivity (Wildman–Crippen MR) is 129 cm³/mol. The number of amides is 3.